The molecule has 0 radical (unpaired) electrons. The lowest BCUT2D eigenvalue weighted by Gasteiger charge is -2.17. The maximum atomic E-state index is 5.87. The van der Waals surface area contributed by atoms with E-state index < -0.39 is 0 Å². The third kappa shape index (κ3) is 2.78. The summed E-state index contributed by atoms with van der Waals surface area (Å²) in [4.78, 5) is 0. The van der Waals surface area contributed by atoms with Crippen molar-refractivity contribution < 1.29 is 9.15 Å². The molecule has 0 aliphatic carbocycles. The maximum Gasteiger partial charge on any atom is 0.134 e. The lowest BCUT2D eigenvalue weighted by Crippen LogP contribution is -2.24. The van der Waals surface area contributed by atoms with E-state index in [0.717, 1.165) is 43.0 Å². The molecule has 0 amide bonds. The molecule has 0 spiro atoms. The van der Waals surface area contributed by atoms with Gasteiger partial charge in [0.2, 0.25) is 0 Å². The Morgan fingerprint density at radius 3 is 3.13 bits per heavy atom. The molecule has 3 heterocycles. The van der Waals surface area contributed by atoms with Gasteiger partial charge in [-0.15, -0.1) is 0 Å². The number of H-pyrrole nitrogens is 1. The lowest BCUT2D eigenvalue weighted by atomic mass is 9.97. The minimum absolute atomic E-state index is 0.142. The monoisotopic (exact) mass is 311 g/mol. The Kier molecular flexibility index (Phi) is 3.89. The zero-order valence-electron chi connectivity index (χ0n) is 13.2. The summed E-state index contributed by atoms with van der Waals surface area (Å²) >= 11 is 0. The third-order valence-electron chi connectivity index (χ3n) is 4.67. The fourth-order valence-electron chi connectivity index (χ4n) is 3.45. The number of aryl methyl sites for hydroxylation is 1. The van der Waals surface area contributed by atoms with Crippen molar-refractivity contribution in [2.45, 2.75) is 26.0 Å². The van der Waals surface area contributed by atoms with Crippen LogP contribution in [0.25, 0.3) is 11.0 Å². The molecule has 5 nitrogen and oxygen atoms in total. The second-order valence-electron chi connectivity index (χ2n) is 6.14. The number of nitrogens with zero attached hydrogens (tertiary/aromatic N) is 1. The SMILES string of the molecule is Cc1oc2ccccc2c1CNC[C@H]1CCO[C@@H]1c1cn[nH]c1. The van der Waals surface area contributed by atoms with Crippen molar-refractivity contribution in [1.29, 1.82) is 0 Å². The summed E-state index contributed by atoms with van der Waals surface area (Å²) in [7, 11) is 0. The minimum Gasteiger partial charge on any atom is -0.461 e. The molecule has 1 saturated heterocycles. The number of benzene rings is 1. The van der Waals surface area contributed by atoms with Gasteiger partial charge in [0.15, 0.2) is 0 Å². The Morgan fingerprint density at radius 2 is 2.26 bits per heavy atom. The van der Waals surface area contributed by atoms with Gasteiger partial charge in [0.25, 0.3) is 0 Å². The fraction of sp³-hybridized carbons (Fsp3) is 0.389. The minimum atomic E-state index is 0.142. The Morgan fingerprint density at radius 1 is 1.35 bits per heavy atom. The van der Waals surface area contributed by atoms with Crippen molar-refractivity contribution in [1.82, 2.24) is 15.5 Å². The highest BCUT2D eigenvalue weighted by atomic mass is 16.5. The number of nitrogens with one attached hydrogen (secondary N) is 2. The Hall–Kier alpha value is -2.11. The fourth-order valence-corrected chi connectivity index (χ4v) is 3.45. The highest BCUT2D eigenvalue weighted by Crippen LogP contribution is 2.33. The highest BCUT2D eigenvalue weighted by molar-refractivity contribution is 5.82. The molecule has 0 saturated carbocycles. The van der Waals surface area contributed by atoms with Crippen molar-refractivity contribution in [2.75, 3.05) is 13.2 Å². The number of rotatable bonds is 5. The molecule has 5 heteroatoms. The van der Waals surface area contributed by atoms with E-state index in [4.69, 9.17) is 9.15 Å². The van der Waals surface area contributed by atoms with Gasteiger partial charge in [-0.1, -0.05) is 18.2 Å². The van der Waals surface area contributed by atoms with Crippen LogP contribution in [0, 0.1) is 12.8 Å². The van der Waals surface area contributed by atoms with E-state index >= 15 is 0 Å². The lowest BCUT2D eigenvalue weighted by molar-refractivity contribution is 0.0905. The first-order valence-electron chi connectivity index (χ1n) is 8.11. The number of ether oxygens (including phenoxy) is 1. The molecule has 2 N–H and O–H groups in total. The van der Waals surface area contributed by atoms with E-state index in [-0.39, 0.29) is 6.10 Å². The Labute approximate surface area is 135 Å². The number of hydrogen-bond acceptors (Lipinski definition) is 4. The van der Waals surface area contributed by atoms with Crippen LogP contribution in [0.4, 0.5) is 0 Å². The van der Waals surface area contributed by atoms with Gasteiger partial charge in [0.1, 0.15) is 11.3 Å². The van der Waals surface area contributed by atoms with Crippen LogP contribution in [0.15, 0.2) is 41.1 Å². The van der Waals surface area contributed by atoms with Crippen LogP contribution in [-0.2, 0) is 11.3 Å². The standard InChI is InChI=1S/C18H21N3O2/c1-12-16(15-4-2-3-5-17(15)23-12)11-19-8-13-6-7-22-18(13)14-9-20-21-10-14/h2-5,9-10,13,18-19H,6-8,11H2,1H3,(H,20,21)/t13-,18+/m1/s1. The van der Waals surface area contributed by atoms with Crippen LogP contribution in [0.2, 0.25) is 0 Å². The summed E-state index contributed by atoms with van der Waals surface area (Å²) < 4.78 is 11.7. The first-order valence-corrected chi connectivity index (χ1v) is 8.11. The number of aromatic nitrogens is 2. The van der Waals surface area contributed by atoms with Crippen LogP contribution < -0.4 is 5.32 Å². The highest BCUT2D eigenvalue weighted by Gasteiger charge is 2.30. The third-order valence-corrected chi connectivity index (χ3v) is 4.67. The van der Waals surface area contributed by atoms with Crippen molar-refractivity contribution in [3.05, 3.63) is 53.5 Å². The summed E-state index contributed by atoms with van der Waals surface area (Å²) in [5.41, 5.74) is 3.35. The molecule has 1 aliphatic heterocycles. The smallest absolute Gasteiger partial charge is 0.134 e. The summed E-state index contributed by atoms with van der Waals surface area (Å²) in [6.07, 6.45) is 5.00. The second kappa shape index (κ2) is 6.18. The van der Waals surface area contributed by atoms with Crippen molar-refractivity contribution in [3.8, 4) is 0 Å². The largest absolute Gasteiger partial charge is 0.461 e. The first kappa shape index (κ1) is 14.5. The van der Waals surface area contributed by atoms with Gasteiger partial charge in [-0.3, -0.25) is 5.10 Å². The van der Waals surface area contributed by atoms with Crippen molar-refractivity contribution in [3.63, 3.8) is 0 Å². The number of hydrogen-bond donors (Lipinski definition) is 2. The van der Waals surface area contributed by atoms with Crippen LogP contribution in [0.3, 0.4) is 0 Å². The predicted molar refractivity (Wildman–Crippen MR) is 88.0 cm³/mol. The van der Waals surface area contributed by atoms with Gasteiger partial charge in [0, 0.05) is 48.3 Å². The summed E-state index contributed by atoms with van der Waals surface area (Å²) in [6, 6.07) is 8.20. The number of aromatic amines is 1. The molecule has 0 bridgehead atoms. The summed E-state index contributed by atoms with van der Waals surface area (Å²) in [5, 5.41) is 11.7. The van der Waals surface area contributed by atoms with E-state index in [9.17, 15) is 0 Å². The summed E-state index contributed by atoms with van der Waals surface area (Å²) in [5.74, 6) is 1.47. The second-order valence-corrected chi connectivity index (χ2v) is 6.14. The topological polar surface area (TPSA) is 63.1 Å². The average molecular weight is 311 g/mol. The van der Waals surface area contributed by atoms with Crippen LogP contribution in [0.5, 0.6) is 0 Å². The van der Waals surface area contributed by atoms with E-state index in [0.29, 0.717) is 5.92 Å². The normalized spacial score (nSPS) is 21.3. The van der Waals surface area contributed by atoms with Gasteiger partial charge in [-0.25, -0.2) is 0 Å². The maximum absolute atomic E-state index is 5.87. The molecule has 1 aliphatic rings. The van der Waals surface area contributed by atoms with Gasteiger partial charge >= 0.3 is 0 Å². The van der Waals surface area contributed by atoms with Gasteiger partial charge in [-0.05, 0) is 19.4 Å². The predicted octanol–water partition coefficient (Wildman–Crippen LogP) is 3.33. The molecular weight excluding hydrogens is 290 g/mol. The Bertz CT molecular complexity index is 779. The average Bonchev–Trinajstić information content (AvgIpc) is 3.27. The van der Waals surface area contributed by atoms with Gasteiger partial charge < -0.3 is 14.5 Å². The zero-order valence-corrected chi connectivity index (χ0v) is 13.2. The van der Waals surface area contributed by atoms with Crippen LogP contribution >= 0.6 is 0 Å². The molecule has 3 aromatic rings. The van der Waals surface area contributed by atoms with E-state index in [1.807, 2.05) is 31.5 Å². The van der Waals surface area contributed by atoms with E-state index in [2.05, 4.69) is 27.6 Å². The van der Waals surface area contributed by atoms with Gasteiger partial charge in [-0.2, -0.15) is 5.10 Å². The molecule has 0 unspecified atom stereocenters. The Balaban J connectivity index is 1.42. The molecule has 2 atom stereocenters. The first-order chi connectivity index (χ1) is 11.3. The summed E-state index contributed by atoms with van der Waals surface area (Å²) in [6.45, 7) is 4.59. The molecular formula is C18H21N3O2. The molecule has 4 rings (SSSR count). The molecule has 23 heavy (non-hydrogen) atoms. The molecule has 1 fully saturated rings. The number of fused-ring (bicyclic) bond motifs is 1. The van der Waals surface area contributed by atoms with E-state index in [1.54, 1.807) is 0 Å². The van der Waals surface area contributed by atoms with Crippen LogP contribution in [-0.4, -0.2) is 23.3 Å². The zero-order chi connectivity index (χ0) is 15.6. The van der Waals surface area contributed by atoms with E-state index in [1.165, 1.54) is 10.9 Å². The number of para-hydroxylation sites is 1. The van der Waals surface area contributed by atoms with Crippen molar-refractivity contribution in [2.24, 2.45) is 5.92 Å². The molecule has 2 aromatic heterocycles. The van der Waals surface area contributed by atoms with Crippen LogP contribution in [0.1, 0.15) is 29.4 Å². The quantitative estimate of drug-likeness (QED) is 0.758. The molecule has 120 valence electrons. The number of furan rings is 1. The van der Waals surface area contributed by atoms with Crippen molar-refractivity contribution >= 4 is 11.0 Å². The molecule has 1 aromatic carbocycles. The van der Waals surface area contributed by atoms with Gasteiger partial charge in [0.05, 0.1) is 12.3 Å².